The molecule has 0 atom stereocenters. The van der Waals surface area contributed by atoms with Crippen LogP contribution in [0.4, 0.5) is 10.1 Å². The van der Waals surface area contributed by atoms with Crippen LogP contribution in [0.5, 0.6) is 11.5 Å². The van der Waals surface area contributed by atoms with Crippen LogP contribution in [-0.4, -0.2) is 4.92 Å². The summed E-state index contributed by atoms with van der Waals surface area (Å²) < 4.78 is 18.9. The Labute approximate surface area is 117 Å². The quantitative estimate of drug-likeness (QED) is 0.631. The van der Waals surface area contributed by atoms with Gasteiger partial charge >= 0.3 is 5.69 Å². The Hall–Kier alpha value is -2.65. The van der Waals surface area contributed by atoms with E-state index in [-0.39, 0.29) is 11.3 Å². The first-order chi connectivity index (χ1) is 9.52. The average Bonchev–Trinajstić information content (AvgIpc) is 2.42. The summed E-state index contributed by atoms with van der Waals surface area (Å²) in [6.07, 6.45) is 0. The molecule has 100 valence electrons. The molecule has 0 unspecified atom stereocenters. The van der Waals surface area contributed by atoms with Crippen molar-refractivity contribution in [2.75, 3.05) is 0 Å². The fourth-order valence-electron chi connectivity index (χ4n) is 1.53. The third kappa shape index (κ3) is 2.68. The fraction of sp³-hybridized carbons (Fsp3) is 0. The smallest absolute Gasteiger partial charge is 0.314 e. The van der Waals surface area contributed by atoms with Gasteiger partial charge in [-0.15, -0.1) is 0 Å². The van der Waals surface area contributed by atoms with Crippen molar-refractivity contribution >= 4 is 17.3 Å². The molecule has 0 aromatic heterocycles. The lowest BCUT2D eigenvalue weighted by molar-refractivity contribution is -0.385. The Kier molecular flexibility index (Phi) is 3.82. The highest BCUT2D eigenvalue weighted by Crippen LogP contribution is 2.35. The topological polar surface area (TPSA) is 76.2 Å². The Morgan fingerprint density at radius 2 is 2.10 bits per heavy atom. The summed E-state index contributed by atoms with van der Waals surface area (Å²) in [5, 5.41) is 20.1. The van der Waals surface area contributed by atoms with E-state index in [9.17, 15) is 14.5 Å². The van der Waals surface area contributed by atoms with Crippen LogP contribution in [0.1, 0.15) is 5.56 Å². The molecule has 0 saturated heterocycles. The zero-order chi connectivity index (χ0) is 14.7. The molecule has 0 aliphatic heterocycles. The zero-order valence-electron chi connectivity index (χ0n) is 9.84. The highest BCUT2D eigenvalue weighted by Gasteiger charge is 2.21. The molecule has 0 saturated carbocycles. The maximum absolute atomic E-state index is 13.7. The maximum Gasteiger partial charge on any atom is 0.314 e. The van der Waals surface area contributed by atoms with E-state index < -0.39 is 22.2 Å². The number of hydrogen-bond acceptors (Lipinski definition) is 4. The molecule has 0 N–H and O–H groups in total. The lowest BCUT2D eigenvalue weighted by Gasteiger charge is -2.08. The van der Waals surface area contributed by atoms with Gasteiger partial charge in [0.25, 0.3) is 0 Å². The van der Waals surface area contributed by atoms with Gasteiger partial charge in [0.15, 0.2) is 5.82 Å². The standard InChI is InChI=1S/C13H6ClFN2O3/c14-9-4-5-12(8(6-9)7-16)20-13-10(15)2-1-3-11(13)17(18)19/h1-6H. The van der Waals surface area contributed by atoms with Crippen molar-refractivity contribution in [2.45, 2.75) is 0 Å². The largest absolute Gasteiger partial charge is 0.446 e. The van der Waals surface area contributed by atoms with E-state index in [1.165, 1.54) is 24.3 Å². The van der Waals surface area contributed by atoms with Crippen LogP contribution in [0, 0.1) is 27.3 Å². The molecular formula is C13H6ClFN2O3. The summed E-state index contributed by atoms with van der Waals surface area (Å²) in [5.74, 6) is -1.44. The molecular weight excluding hydrogens is 287 g/mol. The number of benzene rings is 2. The summed E-state index contributed by atoms with van der Waals surface area (Å²) in [6.45, 7) is 0. The monoisotopic (exact) mass is 292 g/mol. The Balaban J connectivity index is 2.51. The van der Waals surface area contributed by atoms with Crippen LogP contribution < -0.4 is 4.74 Å². The van der Waals surface area contributed by atoms with E-state index in [1.54, 1.807) is 0 Å². The SMILES string of the molecule is N#Cc1cc(Cl)ccc1Oc1c(F)cccc1[N+](=O)[O-]. The molecule has 2 aromatic carbocycles. The van der Waals surface area contributed by atoms with Gasteiger partial charge in [-0.3, -0.25) is 10.1 Å². The first-order valence-corrected chi connectivity index (χ1v) is 5.71. The number of rotatable bonds is 3. The number of halogens is 2. The molecule has 0 aliphatic rings. The Morgan fingerprint density at radius 3 is 2.75 bits per heavy atom. The second kappa shape index (κ2) is 5.55. The molecule has 0 bridgehead atoms. The molecule has 0 fully saturated rings. The molecule has 0 spiro atoms. The van der Waals surface area contributed by atoms with Crippen molar-refractivity contribution in [3.05, 3.63) is 62.9 Å². The van der Waals surface area contributed by atoms with Crippen molar-refractivity contribution in [1.29, 1.82) is 5.26 Å². The predicted octanol–water partition coefficient (Wildman–Crippen LogP) is 4.05. The van der Waals surface area contributed by atoms with E-state index in [4.69, 9.17) is 21.6 Å². The van der Waals surface area contributed by atoms with Crippen molar-refractivity contribution in [2.24, 2.45) is 0 Å². The van der Waals surface area contributed by atoms with Gasteiger partial charge in [0.1, 0.15) is 11.8 Å². The Morgan fingerprint density at radius 1 is 1.35 bits per heavy atom. The minimum absolute atomic E-state index is 0.00917. The number of para-hydroxylation sites is 1. The number of nitro benzene ring substituents is 1. The second-order valence-electron chi connectivity index (χ2n) is 3.70. The number of nitro groups is 1. The van der Waals surface area contributed by atoms with Crippen LogP contribution in [-0.2, 0) is 0 Å². The van der Waals surface area contributed by atoms with Gasteiger partial charge in [-0.1, -0.05) is 17.7 Å². The predicted molar refractivity (Wildman–Crippen MR) is 69.3 cm³/mol. The third-order valence-electron chi connectivity index (χ3n) is 2.42. The molecule has 7 heteroatoms. The summed E-state index contributed by atoms with van der Waals surface area (Å²) in [4.78, 5) is 10.1. The van der Waals surface area contributed by atoms with Crippen molar-refractivity contribution in [1.82, 2.24) is 0 Å². The molecule has 2 rings (SSSR count). The third-order valence-corrected chi connectivity index (χ3v) is 2.65. The van der Waals surface area contributed by atoms with Crippen LogP contribution >= 0.6 is 11.6 Å². The minimum atomic E-state index is -0.891. The summed E-state index contributed by atoms with van der Waals surface area (Å²) in [7, 11) is 0. The molecule has 0 radical (unpaired) electrons. The lowest BCUT2D eigenvalue weighted by atomic mass is 10.2. The number of nitrogens with zero attached hydrogens (tertiary/aromatic N) is 2. The lowest BCUT2D eigenvalue weighted by Crippen LogP contribution is -1.97. The van der Waals surface area contributed by atoms with E-state index >= 15 is 0 Å². The molecule has 5 nitrogen and oxygen atoms in total. The molecule has 0 aliphatic carbocycles. The number of hydrogen-bond donors (Lipinski definition) is 0. The summed E-state index contributed by atoms with van der Waals surface area (Å²) in [6, 6.07) is 9.27. The van der Waals surface area contributed by atoms with Gasteiger partial charge in [-0.05, 0) is 24.3 Å². The van der Waals surface area contributed by atoms with Crippen molar-refractivity contribution in [3.63, 3.8) is 0 Å². The molecule has 0 amide bonds. The summed E-state index contributed by atoms with van der Waals surface area (Å²) in [5.41, 5.74) is -0.473. The van der Waals surface area contributed by atoms with E-state index in [0.29, 0.717) is 5.02 Å². The normalized spacial score (nSPS) is 9.85. The molecule has 2 aromatic rings. The van der Waals surface area contributed by atoms with Crippen LogP contribution in [0.3, 0.4) is 0 Å². The van der Waals surface area contributed by atoms with E-state index in [0.717, 1.165) is 12.1 Å². The maximum atomic E-state index is 13.7. The highest BCUT2D eigenvalue weighted by molar-refractivity contribution is 6.30. The van der Waals surface area contributed by atoms with Gasteiger partial charge in [-0.2, -0.15) is 5.26 Å². The molecule has 0 heterocycles. The van der Waals surface area contributed by atoms with Gasteiger partial charge in [0, 0.05) is 11.1 Å². The van der Waals surface area contributed by atoms with Gasteiger partial charge in [-0.25, -0.2) is 4.39 Å². The number of ether oxygens (including phenoxy) is 1. The fourth-order valence-corrected chi connectivity index (χ4v) is 1.70. The van der Waals surface area contributed by atoms with Crippen LogP contribution in [0.25, 0.3) is 0 Å². The van der Waals surface area contributed by atoms with E-state index in [2.05, 4.69) is 0 Å². The van der Waals surface area contributed by atoms with Gasteiger partial charge in [0.05, 0.1) is 10.5 Å². The zero-order valence-corrected chi connectivity index (χ0v) is 10.6. The van der Waals surface area contributed by atoms with E-state index in [1.807, 2.05) is 6.07 Å². The average molecular weight is 293 g/mol. The first-order valence-electron chi connectivity index (χ1n) is 5.33. The number of nitriles is 1. The van der Waals surface area contributed by atoms with Crippen LogP contribution in [0.15, 0.2) is 36.4 Å². The van der Waals surface area contributed by atoms with Crippen LogP contribution in [0.2, 0.25) is 5.02 Å². The van der Waals surface area contributed by atoms with Crippen molar-refractivity contribution < 1.29 is 14.1 Å². The molecule has 20 heavy (non-hydrogen) atoms. The Bertz CT molecular complexity index is 728. The van der Waals surface area contributed by atoms with Crippen molar-refractivity contribution in [3.8, 4) is 17.6 Å². The minimum Gasteiger partial charge on any atom is -0.446 e. The van der Waals surface area contributed by atoms with Gasteiger partial charge < -0.3 is 4.74 Å². The second-order valence-corrected chi connectivity index (χ2v) is 4.14. The highest BCUT2D eigenvalue weighted by atomic mass is 35.5. The first kappa shape index (κ1) is 13.8. The summed E-state index contributed by atoms with van der Waals surface area (Å²) >= 11 is 5.72. The van der Waals surface area contributed by atoms with Gasteiger partial charge in [0.2, 0.25) is 5.75 Å².